The van der Waals surface area contributed by atoms with E-state index in [2.05, 4.69) is 11.5 Å². The van der Waals surface area contributed by atoms with Crippen molar-refractivity contribution in [2.24, 2.45) is 5.84 Å². The summed E-state index contributed by atoms with van der Waals surface area (Å²) in [4.78, 5) is 0. The van der Waals surface area contributed by atoms with Gasteiger partial charge in [0.1, 0.15) is 11.8 Å². The minimum Gasteiger partial charge on any atom is -0.496 e. The normalized spacial score (nSPS) is 29.9. The highest BCUT2D eigenvalue weighted by Crippen LogP contribution is 2.23. The van der Waals surface area contributed by atoms with E-state index in [9.17, 15) is 0 Å². The summed E-state index contributed by atoms with van der Waals surface area (Å²) in [5.41, 5.74) is 2.77. The second-order valence-corrected chi connectivity index (χ2v) is 3.44. The van der Waals surface area contributed by atoms with Crippen LogP contribution < -0.4 is 11.3 Å². The zero-order valence-electron chi connectivity index (χ0n) is 7.66. The van der Waals surface area contributed by atoms with Gasteiger partial charge in [-0.15, -0.1) is 0 Å². The van der Waals surface area contributed by atoms with E-state index in [-0.39, 0.29) is 12.1 Å². The Balaban J connectivity index is 1.98. The van der Waals surface area contributed by atoms with Gasteiger partial charge in [0.2, 0.25) is 0 Å². The summed E-state index contributed by atoms with van der Waals surface area (Å²) in [5.74, 6) is 6.43. The fourth-order valence-electron chi connectivity index (χ4n) is 1.89. The fraction of sp³-hybridized carbons (Fsp3) is 0.778. The number of ether oxygens (including phenoxy) is 2. The molecule has 0 aromatic rings. The molecule has 0 bridgehead atoms. The van der Waals surface area contributed by atoms with Gasteiger partial charge in [-0.25, -0.2) is 5.43 Å². The number of hydrogen-bond donors (Lipinski definition) is 2. The van der Waals surface area contributed by atoms with Gasteiger partial charge in [-0.05, 0) is 18.9 Å². The topological polar surface area (TPSA) is 56.5 Å². The predicted molar refractivity (Wildman–Crippen MR) is 48.7 cm³/mol. The Morgan fingerprint density at radius 2 is 2.46 bits per heavy atom. The third-order valence-corrected chi connectivity index (χ3v) is 2.55. The van der Waals surface area contributed by atoms with Crippen LogP contribution in [0.5, 0.6) is 0 Å². The van der Waals surface area contributed by atoms with Crippen LogP contribution in [-0.2, 0) is 9.47 Å². The van der Waals surface area contributed by atoms with Gasteiger partial charge in [0.25, 0.3) is 0 Å². The van der Waals surface area contributed by atoms with Crippen LogP contribution >= 0.6 is 0 Å². The summed E-state index contributed by atoms with van der Waals surface area (Å²) >= 11 is 0. The van der Waals surface area contributed by atoms with Gasteiger partial charge < -0.3 is 9.47 Å². The molecule has 0 aliphatic carbocycles. The van der Waals surface area contributed by atoms with Crippen molar-refractivity contribution in [3.05, 3.63) is 11.8 Å². The van der Waals surface area contributed by atoms with Gasteiger partial charge in [-0.1, -0.05) is 0 Å². The molecule has 0 amide bonds. The standard InChI is InChI=1S/C9H16N2O2/c10-11-9(7-3-1-5-12-7)8-4-2-6-13-8/h3,8-9,11H,1-2,4-6,10H2. The maximum absolute atomic E-state index is 5.56. The van der Waals surface area contributed by atoms with Gasteiger partial charge in [0.15, 0.2) is 0 Å². The highest BCUT2D eigenvalue weighted by molar-refractivity contribution is 5.09. The van der Waals surface area contributed by atoms with Crippen molar-refractivity contribution in [1.82, 2.24) is 5.43 Å². The van der Waals surface area contributed by atoms with Crippen molar-refractivity contribution in [1.29, 1.82) is 0 Å². The molecule has 2 aliphatic rings. The molecule has 4 heteroatoms. The van der Waals surface area contributed by atoms with Crippen molar-refractivity contribution in [2.45, 2.75) is 31.4 Å². The van der Waals surface area contributed by atoms with E-state index in [1.165, 1.54) is 0 Å². The van der Waals surface area contributed by atoms with Crippen LogP contribution in [0, 0.1) is 0 Å². The molecule has 0 spiro atoms. The Morgan fingerprint density at radius 1 is 1.54 bits per heavy atom. The van der Waals surface area contributed by atoms with Gasteiger partial charge in [-0.3, -0.25) is 5.84 Å². The minimum absolute atomic E-state index is 0.0463. The van der Waals surface area contributed by atoms with Gasteiger partial charge >= 0.3 is 0 Å². The highest BCUT2D eigenvalue weighted by atomic mass is 16.5. The molecule has 1 fully saturated rings. The smallest absolute Gasteiger partial charge is 0.113 e. The van der Waals surface area contributed by atoms with Crippen LogP contribution in [0.15, 0.2) is 11.8 Å². The Bertz CT molecular complexity index is 200. The van der Waals surface area contributed by atoms with E-state index in [1.807, 2.05) is 0 Å². The molecule has 0 aromatic carbocycles. The van der Waals surface area contributed by atoms with E-state index in [1.54, 1.807) is 0 Å². The number of hydrogen-bond acceptors (Lipinski definition) is 4. The molecule has 0 saturated carbocycles. The molecule has 2 unspecified atom stereocenters. The van der Waals surface area contributed by atoms with Crippen molar-refractivity contribution >= 4 is 0 Å². The quantitative estimate of drug-likeness (QED) is 0.489. The number of hydrazine groups is 1. The summed E-state index contributed by atoms with van der Waals surface area (Å²) in [6, 6.07) is 0.0463. The highest BCUT2D eigenvalue weighted by Gasteiger charge is 2.30. The van der Waals surface area contributed by atoms with Crippen LogP contribution in [0.3, 0.4) is 0 Å². The first-order chi connectivity index (χ1) is 6.42. The van der Waals surface area contributed by atoms with Crippen LogP contribution in [0.4, 0.5) is 0 Å². The van der Waals surface area contributed by atoms with E-state index >= 15 is 0 Å². The molecule has 13 heavy (non-hydrogen) atoms. The van der Waals surface area contributed by atoms with Crippen LogP contribution in [0.1, 0.15) is 19.3 Å². The molecule has 1 saturated heterocycles. The lowest BCUT2D eigenvalue weighted by Crippen LogP contribution is -2.45. The largest absolute Gasteiger partial charge is 0.496 e. The first-order valence-electron chi connectivity index (χ1n) is 4.82. The maximum atomic E-state index is 5.56. The third kappa shape index (κ3) is 1.85. The molecular weight excluding hydrogens is 168 g/mol. The second-order valence-electron chi connectivity index (χ2n) is 3.44. The molecule has 2 heterocycles. The first-order valence-corrected chi connectivity index (χ1v) is 4.82. The van der Waals surface area contributed by atoms with E-state index in [4.69, 9.17) is 15.3 Å². The van der Waals surface area contributed by atoms with Crippen LogP contribution in [0.2, 0.25) is 0 Å². The number of nitrogens with one attached hydrogen (secondary N) is 1. The average molecular weight is 184 g/mol. The molecule has 2 atom stereocenters. The van der Waals surface area contributed by atoms with Crippen molar-refractivity contribution in [2.75, 3.05) is 13.2 Å². The van der Waals surface area contributed by atoms with E-state index in [0.29, 0.717) is 0 Å². The predicted octanol–water partition coefficient (Wildman–Crippen LogP) is 0.301. The Kier molecular flexibility index (Phi) is 2.83. The zero-order valence-corrected chi connectivity index (χ0v) is 7.66. The summed E-state index contributed by atoms with van der Waals surface area (Å²) in [7, 11) is 0. The lowest BCUT2D eigenvalue weighted by Gasteiger charge is -2.22. The van der Waals surface area contributed by atoms with Crippen LogP contribution in [0.25, 0.3) is 0 Å². The molecule has 4 nitrogen and oxygen atoms in total. The van der Waals surface area contributed by atoms with Gasteiger partial charge in [0.05, 0.1) is 12.7 Å². The minimum atomic E-state index is 0.0463. The lowest BCUT2D eigenvalue weighted by atomic mass is 10.1. The SMILES string of the molecule is NNC(C1=CCCO1)C1CCCO1. The van der Waals surface area contributed by atoms with Crippen LogP contribution in [-0.4, -0.2) is 25.4 Å². The molecule has 0 radical (unpaired) electrons. The van der Waals surface area contributed by atoms with E-state index in [0.717, 1.165) is 38.2 Å². The fourth-order valence-corrected chi connectivity index (χ4v) is 1.89. The molecule has 0 aromatic heterocycles. The van der Waals surface area contributed by atoms with Crippen molar-refractivity contribution in [3.63, 3.8) is 0 Å². The Labute approximate surface area is 78.0 Å². The molecule has 74 valence electrons. The van der Waals surface area contributed by atoms with Gasteiger partial charge in [0, 0.05) is 13.0 Å². The summed E-state index contributed by atoms with van der Waals surface area (Å²) in [6.07, 6.45) is 5.45. The molecular formula is C9H16N2O2. The Morgan fingerprint density at radius 3 is 3.00 bits per heavy atom. The zero-order chi connectivity index (χ0) is 9.10. The Hall–Kier alpha value is -0.580. The summed E-state index contributed by atoms with van der Waals surface area (Å²) in [5, 5.41) is 0. The third-order valence-electron chi connectivity index (χ3n) is 2.55. The molecule has 2 rings (SSSR count). The monoisotopic (exact) mass is 184 g/mol. The first kappa shape index (κ1) is 8.99. The van der Waals surface area contributed by atoms with Crippen molar-refractivity contribution in [3.8, 4) is 0 Å². The summed E-state index contributed by atoms with van der Waals surface area (Å²) in [6.45, 7) is 1.62. The lowest BCUT2D eigenvalue weighted by molar-refractivity contribution is 0.0678. The molecule has 3 N–H and O–H groups in total. The van der Waals surface area contributed by atoms with Gasteiger partial charge in [-0.2, -0.15) is 0 Å². The van der Waals surface area contributed by atoms with Crippen molar-refractivity contribution < 1.29 is 9.47 Å². The molecule has 2 aliphatic heterocycles. The second kappa shape index (κ2) is 4.09. The maximum Gasteiger partial charge on any atom is 0.113 e. The number of nitrogens with two attached hydrogens (primary N) is 1. The summed E-state index contributed by atoms with van der Waals surface area (Å²) < 4.78 is 11.0. The van der Waals surface area contributed by atoms with E-state index < -0.39 is 0 Å². The average Bonchev–Trinajstić information content (AvgIpc) is 2.76. The number of rotatable bonds is 3.